The Morgan fingerprint density at radius 3 is 2.36 bits per heavy atom. The number of nitrogens with one attached hydrogen (secondary N) is 1. The molecule has 0 aliphatic heterocycles. The van der Waals surface area contributed by atoms with Gasteiger partial charge in [-0.25, -0.2) is 9.18 Å². The Labute approximate surface area is 164 Å². The normalized spacial score (nSPS) is 12.2. The predicted octanol–water partition coefficient (Wildman–Crippen LogP) is 3.91. The molecule has 2 rings (SSSR count). The van der Waals surface area contributed by atoms with Gasteiger partial charge in [-0.15, -0.1) is 0 Å². The van der Waals surface area contributed by atoms with Crippen molar-refractivity contribution in [2.45, 2.75) is 45.8 Å². The molecule has 0 heterocycles. The Balaban J connectivity index is 1.94. The van der Waals surface area contributed by atoms with Crippen molar-refractivity contribution in [3.05, 3.63) is 65.5 Å². The molecule has 28 heavy (non-hydrogen) atoms. The van der Waals surface area contributed by atoms with Gasteiger partial charge in [-0.1, -0.05) is 24.3 Å². The molecule has 0 aromatic heterocycles. The molecule has 0 bridgehead atoms. The Morgan fingerprint density at radius 2 is 1.75 bits per heavy atom. The lowest BCUT2D eigenvalue weighted by Crippen LogP contribution is -2.39. The average molecular weight is 387 g/mol. The van der Waals surface area contributed by atoms with Gasteiger partial charge >= 0.3 is 5.97 Å². The van der Waals surface area contributed by atoms with Crippen molar-refractivity contribution < 1.29 is 23.5 Å². The summed E-state index contributed by atoms with van der Waals surface area (Å²) in [5.74, 6) is -0.868. The monoisotopic (exact) mass is 387 g/mol. The van der Waals surface area contributed by atoms with Gasteiger partial charge in [-0.05, 0) is 63.9 Å². The molecule has 2 aromatic carbocycles. The zero-order valence-corrected chi connectivity index (χ0v) is 16.6. The lowest BCUT2D eigenvalue weighted by molar-refractivity contribution is -0.158. The number of esters is 1. The molecule has 1 amide bonds. The summed E-state index contributed by atoms with van der Waals surface area (Å²) in [7, 11) is 0. The smallest absolute Gasteiger partial charge is 0.349 e. The molecule has 5 nitrogen and oxygen atoms in total. The van der Waals surface area contributed by atoms with E-state index in [1.165, 1.54) is 12.1 Å². The van der Waals surface area contributed by atoms with Gasteiger partial charge in [0, 0.05) is 6.04 Å². The molecular formula is C22H26FNO4. The Morgan fingerprint density at radius 1 is 1.11 bits per heavy atom. The zero-order chi connectivity index (χ0) is 20.7. The lowest BCUT2D eigenvalue weighted by Gasteiger charge is -2.24. The van der Waals surface area contributed by atoms with Crippen LogP contribution in [0.3, 0.4) is 0 Å². The van der Waals surface area contributed by atoms with Crippen molar-refractivity contribution in [2.75, 3.05) is 6.61 Å². The molecule has 0 fully saturated rings. The summed E-state index contributed by atoms with van der Waals surface area (Å²) < 4.78 is 24.4. The first-order valence-electron chi connectivity index (χ1n) is 9.23. The molecule has 150 valence electrons. The van der Waals surface area contributed by atoms with Crippen molar-refractivity contribution in [3.8, 4) is 5.75 Å². The van der Waals surface area contributed by atoms with Gasteiger partial charge in [-0.2, -0.15) is 0 Å². The minimum Gasteiger partial charge on any atom is -0.476 e. The average Bonchev–Trinajstić information content (AvgIpc) is 2.63. The number of rotatable bonds is 8. The quantitative estimate of drug-likeness (QED) is 0.698. The van der Waals surface area contributed by atoms with E-state index < -0.39 is 23.3 Å². The van der Waals surface area contributed by atoms with Gasteiger partial charge in [0.1, 0.15) is 11.6 Å². The van der Waals surface area contributed by atoms with Crippen LogP contribution in [0.2, 0.25) is 0 Å². The maximum Gasteiger partial charge on any atom is 0.349 e. The van der Waals surface area contributed by atoms with E-state index in [4.69, 9.17) is 9.47 Å². The van der Waals surface area contributed by atoms with E-state index in [0.29, 0.717) is 18.8 Å². The fraction of sp³-hybridized carbons (Fsp3) is 0.364. The number of amides is 1. The standard InChI is InChI=1S/C22H26FNO4/c1-5-27-21(26)22(3,4)28-17-12-10-16(11-13-17)14-15(2)24-20(25)18-8-6-7-9-19(18)23/h6-13,15H,5,14H2,1-4H3,(H,24,25). The Hall–Kier alpha value is -2.89. The predicted molar refractivity (Wildman–Crippen MR) is 105 cm³/mol. The van der Waals surface area contributed by atoms with Crippen LogP contribution in [0.4, 0.5) is 4.39 Å². The molecule has 1 atom stereocenters. The lowest BCUT2D eigenvalue weighted by atomic mass is 10.1. The first-order valence-corrected chi connectivity index (χ1v) is 9.23. The SMILES string of the molecule is CCOC(=O)C(C)(C)Oc1ccc(CC(C)NC(=O)c2ccccc2F)cc1. The van der Waals surface area contributed by atoms with Crippen molar-refractivity contribution >= 4 is 11.9 Å². The Kier molecular flexibility index (Phi) is 7.15. The second kappa shape index (κ2) is 9.35. The third-order valence-electron chi connectivity index (χ3n) is 4.10. The minimum atomic E-state index is -1.08. The largest absolute Gasteiger partial charge is 0.476 e. The summed E-state index contributed by atoms with van der Waals surface area (Å²) in [5.41, 5.74) is -0.0830. The van der Waals surface area contributed by atoms with Crippen LogP contribution in [0.1, 0.15) is 43.6 Å². The second-order valence-corrected chi connectivity index (χ2v) is 7.04. The minimum absolute atomic E-state index is 0.0271. The molecule has 1 N–H and O–H groups in total. The summed E-state index contributed by atoms with van der Waals surface area (Å²) in [5, 5.41) is 2.80. The number of carbonyl (C=O) groups excluding carboxylic acids is 2. The van der Waals surface area contributed by atoms with Crippen molar-refractivity contribution in [2.24, 2.45) is 0 Å². The van der Waals surface area contributed by atoms with Gasteiger partial charge in [0.15, 0.2) is 5.60 Å². The molecule has 0 aliphatic carbocycles. The highest BCUT2D eigenvalue weighted by molar-refractivity contribution is 5.94. The van der Waals surface area contributed by atoms with E-state index in [1.54, 1.807) is 45.0 Å². The van der Waals surface area contributed by atoms with Gasteiger partial charge in [0.25, 0.3) is 5.91 Å². The van der Waals surface area contributed by atoms with Crippen LogP contribution in [0.5, 0.6) is 5.75 Å². The number of benzene rings is 2. The highest BCUT2D eigenvalue weighted by atomic mass is 19.1. The first-order chi connectivity index (χ1) is 13.2. The third kappa shape index (κ3) is 5.81. The molecule has 2 aromatic rings. The fourth-order valence-corrected chi connectivity index (χ4v) is 2.69. The van der Waals surface area contributed by atoms with Crippen molar-refractivity contribution in [1.29, 1.82) is 0 Å². The maximum absolute atomic E-state index is 13.7. The van der Waals surface area contributed by atoms with Gasteiger partial charge in [-0.3, -0.25) is 4.79 Å². The first kappa shape index (κ1) is 21.4. The third-order valence-corrected chi connectivity index (χ3v) is 4.10. The highest BCUT2D eigenvalue weighted by Gasteiger charge is 2.31. The van der Waals surface area contributed by atoms with E-state index in [0.717, 1.165) is 5.56 Å². The molecule has 0 aliphatic rings. The zero-order valence-electron chi connectivity index (χ0n) is 16.6. The van der Waals surface area contributed by atoms with Gasteiger partial charge in [0.2, 0.25) is 0 Å². The number of hydrogen-bond donors (Lipinski definition) is 1. The van der Waals surface area contributed by atoms with Crippen molar-refractivity contribution in [1.82, 2.24) is 5.32 Å². The molecule has 0 saturated carbocycles. The number of ether oxygens (including phenoxy) is 2. The summed E-state index contributed by atoms with van der Waals surface area (Å²) in [6.07, 6.45) is 0.571. The van der Waals surface area contributed by atoms with E-state index >= 15 is 0 Å². The van der Waals surface area contributed by atoms with E-state index in [-0.39, 0.29) is 11.6 Å². The van der Waals surface area contributed by atoms with Gasteiger partial charge in [0.05, 0.1) is 12.2 Å². The number of halogens is 1. The fourth-order valence-electron chi connectivity index (χ4n) is 2.69. The van der Waals surface area contributed by atoms with Crippen molar-refractivity contribution in [3.63, 3.8) is 0 Å². The van der Waals surface area contributed by atoms with E-state index in [1.807, 2.05) is 19.1 Å². The molecule has 0 spiro atoms. The summed E-state index contributed by atoms with van der Waals surface area (Å²) in [6, 6.07) is 13.0. The summed E-state index contributed by atoms with van der Waals surface area (Å²) >= 11 is 0. The molecule has 0 radical (unpaired) electrons. The topological polar surface area (TPSA) is 64.6 Å². The molecule has 0 saturated heterocycles. The van der Waals surface area contributed by atoms with E-state index in [2.05, 4.69) is 5.32 Å². The van der Waals surface area contributed by atoms with Crippen LogP contribution in [0.15, 0.2) is 48.5 Å². The number of carbonyl (C=O) groups is 2. The highest BCUT2D eigenvalue weighted by Crippen LogP contribution is 2.21. The van der Waals surface area contributed by atoms with Gasteiger partial charge < -0.3 is 14.8 Å². The van der Waals surface area contributed by atoms with E-state index in [9.17, 15) is 14.0 Å². The molecule has 1 unspecified atom stereocenters. The van der Waals surface area contributed by atoms with Crippen LogP contribution < -0.4 is 10.1 Å². The van der Waals surface area contributed by atoms with Crippen LogP contribution in [-0.4, -0.2) is 30.1 Å². The maximum atomic E-state index is 13.7. The van der Waals surface area contributed by atoms with Crippen LogP contribution in [0.25, 0.3) is 0 Å². The molecular weight excluding hydrogens is 361 g/mol. The number of hydrogen-bond acceptors (Lipinski definition) is 4. The van der Waals surface area contributed by atoms with Crippen LogP contribution >= 0.6 is 0 Å². The Bertz CT molecular complexity index is 818. The molecule has 6 heteroatoms. The second-order valence-electron chi connectivity index (χ2n) is 7.04. The van der Waals surface area contributed by atoms with Crippen LogP contribution in [-0.2, 0) is 16.0 Å². The van der Waals surface area contributed by atoms with Crippen LogP contribution in [0, 0.1) is 5.82 Å². The summed E-state index contributed by atoms with van der Waals surface area (Å²) in [6.45, 7) is 7.20. The summed E-state index contributed by atoms with van der Waals surface area (Å²) in [4.78, 5) is 24.1.